The number of aliphatic carboxylic acids is 1. The Kier molecular flexibility index (Phi) is 3.57. The van der Waals surface area contributed by atoms with Crippen LogP contribution in [0.3, 0.4) is 0 Å². The lowest BCUT2D eigenvalue weighted by Crippen LogP contribution is -2.70. The Morgan fingerprint density at radius 1 is 1.10 bits per heavy atom. The molecule has 2 aromatic rings. The monoisotopic (exact) mass is 404 g/mol. The largest absolute Gasteiger partial charge is 0.481 e. The van der Waals surface area contributed by atoms with Gasteiger partial charge in [-0.05, 0) is 81.4 Å². The molecule has 1 saturated heterocycles. The van der Waals surface area contributed by atoms with Gasteiger partial charge in [-0.15, -0.1) is 0 Å². The van der Waals surface area contributed by atoms with E-state index in [2.05, 4.69) is 35.9 Å². The average Bonchev–Trinajstić information content (AvgIpc) is 2.71. The van der Waals surface area contributed by atoms with Gasteiger partial charge in [0.05, 0.1) is 22.4 Å². The van der Waals surface area contributed by atoms with E-state index in [4.69, 9.17) is 0 Å². The molecule has 5 aliphatic rings. The van der Waals surface area contributed by atoms with Crippen molar-refractivity contribution in [1.29, 1.82) is 0 Å². The molecule has 1 aliphatic heterocycles. The maximum atomic E-state index is 13.4. The molecule has 5 fully saturated rings. The zero-order valence-electron chi connectivity index (χ0n) is 17.5. The van der Waals surface area contributed by atoms with Gasteiger partial charge >= 0.3 is 5.97 Å². The van der Waals surface area contributed by atoms with Gasteiger partial charge in [-0.3, -0.25) is 14.6 Å². The standard InChI is InChI=1S/C25H28N2O3/c1-24(2)21(18-5-3-7-19-17(18)6-4-8-26-19)27(22(24)28)20-15-9-14-10-16(20)13-25(11-14,12-15)23(29)30/h3-8,14-16,20-21H,9-13H2,1-2H3,(H,29,30)/t14?,15-,16?,20-,21?,25-/m0/s1. The summed E-state index contributed by atoms with van der Waals surface area (Å²) in [6, 6.07) is 10.5. The number of nitrogens with zero attached hydrogens (tertiary/aromatic N) is 2. The van der Waals surface area contributed by atoms with Gasteiger partial charge in [-0.25, -0.2) is 0 Å². The minimum absolute atomic E-state index is 0.0150. The Balaban J connectivity index is 1.42. The van der Waals surface area contributed by atoms with Crippen molar-refractivity contribution in [2.45, 2.75) is 58.0 Å². The normalized spacial score (nSPS) is 38.7. The van der Waals surface area contributed by atoms with Crippen LogP contribution in [0.15, 0.2) is 36.5 Å². The third kappa shape index (κ3) is 2.21. The number of pyridine rings is 1. The van der Waals surface area contributed by atoms with Crippen LogP contribution < -0.4 is 0 Å². The van der Waals surface area contributed by atoms with E-state index in [9.17, 15) is 14.7 Å². The number of likely N-dealkylation sites (tertiary alicyclic amines) is 1. The lowest BCUT2D eigenvalue weighted by atomic mass is 9.47. The molecule has 5 heteroatoms. The third-order valence-corrected chi connectivity index (χ3v) is 8.72. The van der Waals surface area contributed by atoms with Crippen LogP contribution in [0.1, 0.15) is 57.6 Å². The van der Waals surface area contributed by atoms with Crippen LogP contribution in [-0.2, 0) is 9.59 Å². The fraction of sp³-hybridized carbons (Fsp3) is 0.560. The van der Waals surface area contributed by atoms with Crippen LogP contribution >= 0.6 is 0 Å². The molecule has 5 nitrogen and oxygen atoms in total. The number of carbonyl (C=O) groups is 2. The first-order valence-corrected chi connectivity index (χ1v) is 11.2. The molecule has 156 valence electrons. The van der Waals surface area contributed by atoms with Crippen LogP contribution in [0.4, 0.5) is 0 Å². The smallest absolute Gasteiger partial charge is 0.309 e. The highest BCUT2D eigenvalue weighted by Crippen LogP contribution is 2.64. The summed E-state index contributed by atoms with van der Waals surface area (Å²) in [4.78, 5) is 32.2. The number of fused-ring (bicyclic) bond motifs is 1. The summed E-state index contributed by atoms with van der Waals surface area (Å²) in [5.74, 6) is 0.730. The first-order chi connectivity index (χ1) is 14.3. The summed E-state index contributed by atoms with van der Waals surface area (Å²) in [6.07, 6.45) is 6.25. The number of hydrogen-bond donors (Lipinski definition) is 1. The molecule has 4 bridgehead atoms. The van der Waals surface area contributed by atoms with Gasteiger partial charge in [0.1, 0.15) is 0 Å². The van der Waals surface area contributed by atoms with E-state index in [1.54, 1.807) is 0 Å². The Hall–Kier alpha value is -2.43. The first kappa shape index (κ1) is 18.3. The number of carboxylic acid groups (broad SMARTS) is 1. The molecule has 3 unspecified atom stereocenters. The quantitative estimate of drug-likeness (QED) is 0.769. The summed E-state index contributed by atoms with van der Waals surface area (Å²) in [5.41, 5.74) is 1.13. The van der Waals surface area contributed by atoms with Crippen molar-refractivity contribution < 1.29 is 14.7 Å². The van der Waals surface area contributed by atoms with Crippen molar-refractivity contribution in [1.82, 2.24) is 9.88 Å². The Morgan fingerprint density at radius 2 is 1.83 bits per heavy atom. The number of amides is 1. The summed E-state index contributed by atoms with van der Waals surface area (Å²) in [5, 5.41) is 11.1. The molecule has 30 heavy (non-hydrogen) atoms. The lowest BCUT2D eigenvalue weighted by molar-refractivity contribution is -0.202. The third-order valence-electron chi connectivity index (χ3n) is 8.72. The van der Waals surface area contributed by atoms with Crippen molar-refractivity contribution in [3.8, 4) is 0 Å². The second-order valence-corrected chi connectivity index (χ2v) is 10.8. The minimum atomic E-state index is -0.618. The minimum Gasteiger partial charge on any atom is -0.481 e. The molecule has 1 aromatic carbocycles. The molecule has 1 aromatic heterocycles. The van der Waals surface area contributed by atoms with Crippen molar-refractivity contribution in [2.75, 3.05) is 0 Å². The van der Waals surface area contributed by atoms with Gasteiger partial charge in [-0.1, -0.05) is 18.2 Å². The highest BCUT2D eigenvalue weighted by Gasteiger charge is 2.65. The fourth-order valence-corrected chi connectivity index (χ4v) is 7.77. The number of β-lactam (4-membered cyclic amide) rings is 1. The van der Waals surface area contributed by atoms with Crippen LogP contribution in [0.2, 0.25) is 0 Å². The molecule has 4 saturated carbocycles. The van der Waals surface area contributed by atoms with E-state index < -0.39 is 16.8 Å². The van der Waals surface area contributed by atoms with Crippen LogP contribution in [0, 0.1) is 28.6 Å². The van der Waals surface area contributed by atoms with Gasteiger partial charge in [0.2, 0.25) is 5.91 Å². The van der Waals surface area contributed by atoms with Crippen molar-refractivity contribution in [2.24, 2.45) is 28.6 Å². The molecule has 2 heterocycles. The topological polar surface area (TPSA) is 70.5 Å². The highest BCUT2D eigenvalue weighted by atomic mass is 16.4. The van der Waals surface area contributed by atoms with E-state index in [0.29, 0.717) is 17.8 Å². The molecule has 1 amide bonds. The van der Waals surface area contributed by atoms with E-state index in [0.717, 1.165) is 43.0 Å². The highest BCUT2D eigenvalue weighted by molar-refractivity contribution is 5.93. The number of carboxylic acids is 1. The molecule has 7 rings (SSSR count). The second kappa shape index (κ2) is 5.83. The average molecular weight is 405 g/mol. The number of hydrogen-bond acceptors (Lipinski definition) is 3. The van der Waals surface area contributed by atoms with Gasteiger partial charge in [-0.2, -0.15) is 0 Å². The molecule has 4 aliphatic carbocycles. The number of carbonyl (C=O) groups excluding carboxylic acids is 1. The molecule has 1 N–H and O–H groups in total. The maximum Gasteiger partial charge on any atom is 0.309 e. The van der Waals surface area contributed by atoms with E-state index in [-0.39, 0.29) is 18.0 Å². The van der Waals surface area contributed by atoms with E-state index >= 15 is 0 Å². The van der Waals surface area contributed by atoms with Crippen LogP contribution in [0.5, 0.6) is 0 Å². The number of aromatic nitrogens is 1. The molecule has 0 radical (unpaired) electrons. The van der Waals surface area contributed by atoms with E-state index in [1.165, 1.54) is 5.56 Å². The zero-order chi connectivity index (χ0) is 20.8. The van der Waals surface area contributed by atoms with Gasteiger partial charge < -0.3 is 10.0 Å². The number of rotatable bonds is 3. The second-order valence-electron chi connectivity index (χ2n) is 10.8. The Labute approximate surface area is 176 Å². The first-order valence-electron chi connectivity index (χ1n) is 11.2. The molecule has 6 atom stereocenters. The summed E-state index contributed by atoms with van der Waals surface area (Å²) < 4.78 is 0. The Bertz CT molecular complexity index is 1060. The molecular formula is C25H28N2O3. The summed E-state index contributed by atoms with van der Waals surface area (Å²) >= 11 is 0. The van der Waals surface area contributed by atoms with E-state index in [1.807, 2.05) is 24.4 Å². The van der Waals surface area contributed by atoms with Crippen molar-refractivity contribution in [3.05, 3.63) is 42.1 Å². The van der Waals surface area contributed by atoms with Crippen LogP contribution in [-0.4, -0.2) is 32.9 Å². The maximum absolute atomic E-state index is 13.4. The van der Waals surface area contributed by atoms with Gasteiger partial charge in [0.25, 0.3) is 0 Å². The van der Waals surface area contributed by atoms with Crippen molar-refractivity contribution >= 4 is 22.8 Å². The summed E-state index contributed by atoms with van der Waals surface area (Å²) in [6.45, 7) is 4.11. The predicted molar refractivity (Wildman–Crippen MR) is 113 cm³/mol. The van der Waals surface area contributed by atoms with Gasteiger partial charge in [0.15, 0.2) is 0 Å². The SMILES string of the molecule is CC1(C)C(=O)N([C@@H]2C3CC4C[C@H]2C[C@@](C(=O)O)(C4)C3)C1c1cccc2ncccc12. The lowest BCUT2D eigenvalue weighted by Gasteiger charge is -2.66. The Morgan fingerprint density at radius 3 is 2.53 bits per heavy atom. The zero-order valence-corrected chi connectivity index (χ0v) is 17.5. The number of benzene rings is 1. The van der Waals surface area contributed by atoms with Crippen LogP contribution in [0.25, 0.3) is 10.9 Å². The fourth-order valence-electron chi connectivity index (χ4n) is 7.77. The molecular weight excluding hydrogens is 376 g/mol. The van der Waals surface area contributed by atoms with Gasteiger partial charge in [0, 0.05) is 17.6 Å². The predicted octanol–water partition coefficient (Wildman–Crippen LogP) is 4.42. The molecule has 0 spiro atoms. The summed E-state index contributed by atoms with van der Waals surface area (Å²) in [7, 11) is 0. The van der Waals surface area contributed by atoms with Crippen molar-refractivity contribution in [3.63, 3.8) is 0 Å².